The number of aromatic nitrogens is 2. The highest BCUT2D eigenvalue weighted by molar-refractivity contribution is 5.70. The van der Waals surface area contributed by atoms with Crippen molar-refractivity contribution in [3.05, 3.63) is 164 Å². The average molecular weight is 685 g/mol. The molecule has 7 rings (SSSR count). The van der Waals surface area contributed by atoms with Crippen LogP contribution < -0.4 is 0 Å². The number of fused-ring (bicyclic) bond motifs is 2. The van der Waals surface area contributed by atoms with Gasteiger partial charge in [0.05, 0.1) is 0 Å². The van der Waals surface area contributed by atoms with Gasteiger partial charge in [-0.05, 0) is 145 Å². The van der Waals surface area contributed by atoms with Gasteiger partial charge in [0.15, 0.2) is 0 Å². The summed E-state index contributed by atoms with van der Waals surface area (Å²) in [5.74, 6) is 0. The number of nitrogens with zero attached hydrogens (tertiary/aromatic N) is 2. The van der Waals surface area contributed by atoms with E-state index in [0.29, 0.717) is 0 Å². The Bertz CT molecular complexity index is 2030. The molecule has 0 spiro atoms. The first-order chi connectivity index (χ1) is 25.1. The van der Waals surface area contributed by atoms with Gasteiger partial charge in [-0.3, -0.25) is 0 Å². The van der Waals surface area contributed by atoms with E-state index in [-0.39, 0.29) is 10.8 Å². The fourth-order valence-corrected chi connectivity index (χ4v) is 8.87. The molecule has 266 valence electrons. The number of benzene rings is 3. The largest absolute Gasteiger partial charge is 0.310 e. The number of hydrogen-bond acceptors (Lipinski definition) is 0. The molecule has 0 amide bonds. The van der Waals surface area contributed by atoms with Crippen LogP contribution in [0.25, 0.3) is 35.7 Å². The van der Waals surface area contributed by atoms with Crippen LogP contribution in [0.1, 0.15) is 136 Å². The third-order valence-electron chi connectivity index (χ3n) is 12.0. The van der Waals surface area contributed by atoms with Gasteiger partial charge in [-0.15, -0.1) is 0 Å². The van der Waals surface area contributed by atoms with Crippen LogP contribution in [0.2, 0.25) is 0 Å². The fraction of sp³-hybridized carbons (Fsp3) is 0.320. The van der Waals surface area contributed by atoms with Crippen LogP contribution in [0.4, 0.5) is 0 Å². The van der Waals surface area contributed by atoms with Crippen molar-refractivity contribution in [3.63, 3.8) is 0 Å². The van der Waals surface area contributed by atoms with Crippen molar-refractivity contribution in [1.29, 1.82) is 0 Å². The van der Waals surface area contributed by atoms with E-state index >= 15 is 0 Å². The lowest BCUT2D eigenvalue weighted by Gasteiger charge is -2.30. The Morgan fingerprint density at radius 1 is 0.519 bits per heavy atom. The maximum atomic E-state index is 2.47. The van der Waals surface area contributed by atoms with E-state index in [1.807, 2.05) is 0 Å². The molecule has 2 aromatic heterocycles. The minimum absolute atomic E-state index is 0.133. The van der Waals surface area contributed by atoms with Crippen LogP contribution in [0.15, 0.2) is 97.1 Å². The van der Waals surface area contributed by atoms with Gasteiger partial charge in [-0.1, -0.05) is 114 Å². The monoisotopic (exact) mass is 684 g/mol. The molecule has 2 heteroatoms. The lowest BCUT2D eigenvalue weighted by atomic mass is 9.74. The molecule has 0 radical (unpaired) electrons. The Labute approximate surface area is 312 Å². The van der Waals surface area contributed by atoms with Crippen LogP contribution in [0.5, 0.6) is 0 Å². The predicted molar refractivity (Wildman–Crippen MR) is 225 cm³/mol. The second-order valence-corrected chi connectivity index (χ2v) is 15.6. The number of hydrogen-bond donors (Lipinski definition) is 0. The van der Waals surface area contributed by atoms with Crippen molar-refractivity contribution in [2.45, 2.75) is 105 Å². The topological polar surface area (TPSA) is 9.86 Å². The summed E-state index contributed by atoms with van der Waals surface area (Å²) in [5.41, 5.74) is 18.9. The van der Waals surface area contributed by atoms with Crippen LogP contribution in [-0.2, 0) is 36.5 Å². The van der Waals surface area contributed by atoms with Gasteiger partial charge >= 0.3 is 0 Å². The molecule has 5 aromatic rings. The van der Waals surface area contributed by atoms with E-state index in [9.17, 15) is 0 Å². The Morgan fingerprint density at radius 3 is 1.15 bits per heavy atom. The van der Waals surface area contributed by atoms with Crippen molar-refractivity contribution < 1.29 is 0 Å². The van der Waals surface area contributed by atoms with Gasteiger partial charge in [0, 0.05) is 45.0 Å². The summed E-state index contributed by atoms with van der Waals surface area (Å²) < 4.78 is 4.94. The molecule has 3 aromatic carbocycles. The summed E-state index contributed by atoms with van der Waals surface area (Å²) in [7, 11) is 0. The number of rotatable bonds is 10. The normalized spacial score (nSPS) is 14.5. The first kappa shape index (κ1) is 35.6. The fourth-order valence-electron chi connectivity index (χ4n) is 8.87. The lowest BCUT2D eigenvalue weighted by Crippen LogP contribution is -2.21. The van der Waals surface area contributed by atoms with E-state index in [2.05, 4.69) is 186 Å². The molecule has 2 nitrogen and oxygen atoms in total. The maximum absolute atomic E-state index is 2.47. The minimum atomic E-state index is -0.133. The summed E-state index contributed by atoms with van der Waals surface area (Å²) in [6, 6.07) is 28.0. The Kier molecular flexibility index (Phi) is 9.79. The summed E-state index contributed by atoms with van der Waals surface area (Å²) in [5, 5.41) is 0. The van der Waals surface area contributed by atoms with E-state index in [1.54, 1.807) is 0 Å². The van der Waals surface area contributed by atoms with Crippen molar-refractivity contribution in [2.24, 2.45) is 0 Å². The minimum Gasteiger partial charge on any atom is -0.310 e. The molecule has 0 fully saturated rings. The predicted octanol–water partition coefficient (Wildman–Crippen LogP) is 13.0. The van der Waals surface area contributed by atoms with Crippen molar-refractivity contribution in [2.75, 3.05) is 0 Å². The van der Waals surface area contributed by atoms with Gasteiger partial charge in [0.2, 0.25) is 0 Å². The third kappa shape index (κ3) is 6.01. The smallest absolute Gasteiger partial charge is 0.0494 e. The first-order valence-corrected chi connectivity index (χ1v) is 19.6. The third-order valence-corrected chi connectivity index (χ3v) is 12.0. The van der Waals surface area contributed by atoms with E-state index in [1.165, 1.54) is 78.7 Å². The van der Waals surface area contributed by atoms with E-state index in [4.69, 9.17) is 0 Å². The summed E-state index contributed by atoms with van der Waals surface area (Å²) in [6.07, 6.45) is 24.8. The second kappa shape index (κ2) is 14.3. The van der Waals surface area contributed by atoms with Crippen LogP contribution in [0.3, 0.4) is 0 Å². The molecule has 0 saturated carbocycles. The van der Waals surface area contributed by atoms with E-state index < -0.39 is 0 Å². The molecular weight excluding hydrogens is 629 g/mol. The first-order valence-electron chi connectivity index (χ1n) is 19.6. The Balaban J connectivity index is 1.15. The highest BCUT2D eigenvalue weighted by Crippen LogP contribution is 2.39. The molecule has 52 heavy (non-hydrogen) atoms. The Hall–Kier alpha value is -4.82. The van der Waals surface area contributed by atoms with Crippen LogP contribution in [-0.4, -0.2) is 9.13 Å². The molecule has 0 saturated heterocycles. The van der Waals surface area contributed by atoms with Gasteiger partial charge < -0.3 is 9.13 Å². The molecule has 0 unspecified atom stereocenters. The van der Waals surface area contributed by atoms with Gasteiger partial charge in [0.1, 0.15) is 0 Å². The summed E-state index contributed by atoms with van der Waals surface area (Å²) >= 11 is 0. The molecular formula is C50H56N2. The highest BCUT2D eigenvalue weighted by Gasteiger charge is 2.28. The lowest BCUT2D eigenvalue weighted by molar-refractivity contribution is 0.626. The van der Waals surface area contributed by atoms with Gasteiger partial charge in [-0.2, -0.15) is 0 Å². The Morgan fingerprint density at radius 2 is 0.846 bits per heavy atom. The zero-order chi connectivity index (χ0) is 36.6. The zero-order valence-corrected chi connectivity index (χ0v) is 32.7. The second-order valence-electron chi connectivity index (χ2n) is 15.6. The summed E-state index contributed by atoms with van der Waals surface area (Å²) in [6.45, 7) is 18.2. The van der Waals surface area contributed by atoms with Crippen molar-refractivity contribution >= 4 is 24.3 Å². The number of allylic oxidation sites excluding steroid dienone is 4. The van der Waals surface area contributed by atoms with Crippen LogP contribution >= 0.6 is 0 Å². The molecule has 0 atom stereocenters. The molecule has 0 aliphatic heterocycles. The maximum Gasteiger partial charge on any atom is 0.0494 e. The van der Waals surface area contributed by atoms with Crippen molar-refractivity contribution in [3.8, 4) is 11.4 Å². The van der Waals surface area contributed by atoms with E-state index in [0.717, 1.165) is 38.5 Å². The SMILES string of the molecule is C/C=C\c1c(CC)c2c(n1-c1ccc(C(C)(C)c3ccc(C(C)(C)c4ccc(-n5c6c(c(CC)c5/C=C\C)CCC=C6)cc4)cc3)cc1)C=CCC2. The van der Waals surface area contributed by atoms with Gasteiger partial charge in [0.25, 0.3) is 0 Å². The van der Waals surface area contributed by atoms with Crippen molar-refractivity contribution in [1.82, 2.24) is 9.13 Å². The summed E-state index contributed by atoms with van der Waals surface area (Å²) in [4.78, 5) is 0. The van der Waals surface area contributed by atoms with Crippen LogP contribution in [0, 0.1) is 0 Å². The standard InChI is InChI=1S/C50H56N2/c1-9-17-45-41(11-3)43-19-13-15-21-47(43)51(45)39-31-27-37(28-32-39)49(5,6)35-23-25-36(26-24-35)50(7,8)38-29-33-40(34-30-38)52-46(18-10-2)42(12-4)44-20-14-16-22-48(44)52/h9-10,15-18,21-34H,11-14,19-20H2,1-8H3/b17-9-,18-10-. The highest BCUT2D eigenvalue weighted by atomic mass is 15.0. The molecule has 2 aliphatic rings. The quantitative estimate of drug-likeness (QED) is 0.139. The molecule has 2 heterocycles. The molecule has 0 bridgehead atoms. The van der Waals surface area contributed by atoms with Gasteiger partial charge in [-0.25, -0.2) is 0 Å². The average Bonchev–Trinajstić information content (AvgIpc) is 3.66. The zero-order valence-electron chi connectivity index (χ0n) is 32.7. The molecule has 0 N–H and O–H groups in total. The molecule has 2 aliphatic carbocycles.